The second-order valence-electron chi connectivity index (χ2n) is 7.91. The van der Waals surface area contributed by atoms with Crippen LogP contribution in [0.3, 0.4) is 0 Å². The zero-order valence-corrected chi connectivity index (χ0v) is 17.4. The molecule has 162 valence electrons. The van der Waals surface area contributed by atoms with E-state index in [0.717, 1.165) is 15.7 Å². The van der Waals surface area contributed by atoms with Crippen LogP contribution in [0.2, 0.25) is 0 Å². The van der Waals surface area contributed by atoms with Crippen molar-refractivity contribution in [3.63, 3.8) is 0 Å². The summed E-state index contributed by atoms with van der Waals surface area (Å²) in [5, 5.41) is 7.50. The molecule has 4 amide bonds. The molecule has 1 unspecified atom stereocenters. The van der Waals surface area contributed by atoms with Gasteiger partial charge in [-0.3, -0.25) is 14.5 Å². The molecule has 1 atom stereocenters. The average molecular weight is 431 g/mol. The highest BCUT2D eigenvalue weighted by Crippen LogP contribution is 2.36. The van der Waals surface area contributed by atoms with E-state index >= 15 is 0 Å². The van der Waals surface area contributed by atoms with Crippen molar-refractivity contribution < 1.29 is 23.9 Å². The number of nitrogens with one attached hydrogen (secondary N) is 2. The van der Waals surface area contributed by atoms with Gasteiger partial charge < -0.3 is 20.1 Å². The topological polar surface area (TPSA) is 97.0 Å². The van der Waals surface area contributed by atoms with Crippen LogP contribution in [0.5, 0.6) is 11.5 Å². The number of anilines is 1. The molecule has 2 N–H and O–H groups in total. The molecule has 1 fully saturated rings. The van der Waals surface area contributed by atoms with E-state index in [9.17, 15) is 14.4 Å². The van der Waals surface area contributed by atoms with Gasteiger partial charge in [-0.2, -0.15) is 0 Å². The molecule has 2 heterocycles. The lowest BCUT2D eigenvalue weighted by Gasteiger charge is -2.25. The Kier molecular flexibility index (Phi) is 4.70. The normalized spacial score (nSPS) is 19.7. The van der Waals surface area contributed by atoms with Gasteiger partial charge in [0, 0.05) is 5.69 Å². The van der Waals surface area contributed by atoms with E-state index in [2.05, 4.69) is 10.6 Å². The maximum Gasteiger partial charge on any atom is 0.325 e. The number of urea groups is 1. The van der Waals surface area contributed by atoms with Gasteiger partial charge in [0.25, 0.3) is 5.91 Å². The summed E-state index contributed by atoms with van der Waals surface area (Å²) in [4.78, 5) is 39.3. The number of nitrogens with zero attached hydrogens (tertiary/aromatic N) is 1. The average Bonchev–Trinajstić information content (AvgIpc) is 3.02. The van der Waals surface area contributed by atoms with Crippen molar-refractivity contribution in [3.05, 3.63) is 66.2 Å². The Balaban J connectivity index is 1.32. The minimum atomic E-state index is -1.31. The van der Waals surface area contributed by atoms with Gasteiger partial charge in [-0.05, 0) is 47.5 Å². The lowest BCUT2D eigenvalue weighted by atomic mass is 9.91. The van der Waals surface area contributed by atoms with Gasteiger partial charge in [0.05, 0.1) is 0 Å². The molecule has 32 heavy (non-hydrogen) atoms. The SMILES string of the molecule is CC1(c2ccc3c(c2)OCCO3)NC(=O)N(CC(=O)Nc2ccc3ccccc3c2)C1=O. The van der Waals surface area contributed by atoms with Crippen LogP contribution < -0.4 is 20.1 Å². The molecule has 8 nitrogen and oxygen atoms in total. The van der Waals surface area contributed by atoms with Crippen LogP contribution >= 0.6 is 0 Å². The molecule has 3 aromatic carbocycles. The van der Waals surface area contributed by atoms with Crippen LogP contribution in [-0.2, 0) is 15.1 Å². The van der Waals surface area contributed by atoms with Crippen LogP contribution in [0.4, 0.5) is 10.5 Å². The molecule has 2 aliphatic heterocycles. The first kappa shape index (κ1) is 19.9. The van der Waals surface area contributed by atoms with Gasteiger partial charge in [-0.25, -0.2) is 4.79 Å². The molecule has 5 rings (SSSR count). The number of carbonyl (C=O) groups is 3. The van der Waals surface area contributed by atoms with Crippen LogP contribution in [-0.4, -0.2) is 42.5 Å². The van der Waals surface area contributed by atoms with Crippen molar-refractivity contribution in [1.82, 2.24) is 10.2 Å². The molecule has 0 aliphatic carbocycles. The van der Waals surface area contributed by atoms with E-state index < -0.39 is 29.9 Å². The first-order valence-electron chi connectivity index (χ1n) is 10.3. The van der Waals surface area contributed by atoms with Gasteiger partial charge in [0.1, 0.15) is 25.3 Å². The Morgan fingerprint density at radius 3 is 2.56 bits per heavy atom. The van der Waals surface area contributed by atoms with Gasteiger partial charge in [0.2, 0.25) is 5.91 Å². The van der Waals surface area contributed by atoms with E-state index in [1.54, 1.807) is 31.2 Å². The minimum Gasteiger partial charge on any atom is -0.486 e. The van der Waals surface area contributed by atoms with Crippen molar-refractivity contribution in [2.75, 3.05) is 25.1 Å². The number of imide groups is 1. The van der Waals surface area contributed by atoms with Crippen LogP contribution in [0, 0.1) is 0 Å². The first-order valence-corrected chi connectivity index (χ1v) is 10.3. The highest BCUT2D eigenvalue weighted by Gasteiger charge is 2.49. The van der Waals surface area contributed by atoms with Gasteiger partial charge >= 0.3 is 6.03 Å². The largest absolute Gasteiger partial charge is 0.486 e. The third-order valence-corrected chi connectivity index (χ3v) is 5.73. The molecular weight excluding hydrogens is 410 g/mol. The third kappa shape index (κ3) is 3.39. The van der Waals surface area contributed by atoms with Crippen molar-refractivity contribution in [2.45, 2.75) is 12.5 Å². The quantitative estimate of drug-likeness (QED) is 0.619. The molecule has 0 saturated carbocycles. The van der Waals surface area contributed by atoms with Gasteiger partial charge in [0.15, 0.2) is 11.5 Å². The number of hydrogen-bond donors (Lipinski definition) is 2. The molecule has 1 saturated heterocycles. The summed E-state index contributed by atoms with van der Waals surface area (Å²) in [6, 6.07) is 17.8. The van der Waals surface area contributed by atoms with E-state index in [1.807, 2.05) is 36.4 Å². The number of rotatable bonds is 4. The fraction of sp³-hybridized carbons (Fsp3) is 0.208. The maximum absolute atomic E-state index is 13.2. The van der Waals surface area contributed by atoms with E-state index in [1.165, 1.54) is 0 Å². The van der Waals surface area contributed by atoms with Gasteiger partial charge in [-0.1, -0.05) is 36.4 Å². The summed E-state index contributed by atoms with van der Waals surface area (Å²) < 4.78 is 11.1. The minimum absolute atomic E-state index is 0.391. The fourth-order valence-electron chi connectivity index (χ4n) is 4.00. The molecule has 0 spiro atoms. The van der Waals surface area contributed by atoms with Crippen molar-refractivity contribution in [1.29, 1.82) is 0 Å². The lowest BCUT2D eigenvalue weighted by Crippen LogP contribution is -2.42. The highest BCUT2D eigenvalue weighted by atomic mass is 16.6. The summed E-state index contributed by atoms with van der Waals surface area (Å²) in [5.41, 5.74) is -0.163. The number of hydrogen-bond acceptors (Lipinski definition) is 5. The molecular formula is C24H21N3O5. The summed E-state index contributed by atoms with van der Waals surface area (Å²) in [6.07, 6.45) is 0. The second-order valence-corrected chi connectivity index (χ2v) is 7.91. The molecule has 0 aromatic heterocycles. The van der Waals surface area contributed by atoms with Crippen LogP contribution in [0.1, 0.15) is 12.5 Å². The van der Waals surface area contributed by atoms with E-state index in [4.69, 9.17) is 9.47 Å². The molecule has 8 heteroatoms. The molecule has 0 radical (unpaired) electrons. The van der Waals surface area contributed by atoms with E-state index in [-0.39, 0.29) is 0 Å². The Bertz CT molecular complexity index is 1260. The standard InChI is InChI=1S/C24H21N3O5/c1-24(17-7-9-19-20(13-17)32-11-10-31-19)22(29)27(23(30)26-24)14-21(28)25-18-8-6-15-4-2-3-5-16(15)12-18/h2-9,12-13H,10-11,14H2,1H3,(H,25,28)(H,26,30). The smallest absolute Gasteiger partial charge is 0.325 e. The van der Waals surface area contributed by atoms with Crippen molar-refractivity contribution in [3.8, 4) is 11.5 Å². The predicted octanol–water partition coefficient (Wildman–Crippen LogP) is 3.02. The number of amides is 4. The monoisotopic (exact) mass is 431 g/mol. The van der Waals surface area contributed by atoms with Crippen molar-refractivity contribution >= 4 is 34.3 Å². The predicted molar refractivity (Wildman–Crippen MR) is 118 cm³/mol. The summed E-state index contributed by atoms with van der Waals surface area (Å²) >= 11 is 0. The highest BCUT2D eigenvalue weighted by molar-refractivity contribution is 6.10. The fourth-order valence-corrected chi connectivity index (χ4v) is 4.00. The van der Waals surface area contributed by atoms with Crippen LogP contribution in [0.15, 0.2) is 60.7 Å². The molecule has 0 bridgehead atoms. The Morgan fingerprint density at radius 2 is 1.75 bits per heavy atom. The number of carbonyl (C=O) groups excluding carboxylic acids is 3. The Hall–Kier alpha value is -4.07. The summed E-state index contributed by atoms with van der Waals surface area (Å²) in [5.74, 6) is 0.138. The zero-order valence-electron chi connectivity index (χ0n) is 17.4. The number of fused-ring (bicyclic) bond motifs is 2. The zero-order chi connectivity index (χ0) is 22.3. The van der Waals surface area contributed by atoms with Crippen LogP contribution in [0.25, 0.3) is 10.8 Å². The second kappa shape index (κ2) is 7.56. The first-order chi connectivity index (χ1) is 15.4. The van der Waals surface area contributed by atoms with E-state index in [0.29, 0.717) is 36.0 Å². The summed E-state index contributed by atoms with van der Waals surface area (Å²) in [6.45, 7) is 2.09. The third-order valence-electron chi connectivity index (χ3n) is 5.73. The Labute approximate surface area is 184 Å². The number of ether oxygens (including phenoxy) is 2. The summed E-state index contributed by atoms with van der Waals surface area (Å²) in [7, 11) is 0. The maximum atomic E-state index is 13.2. The number of benzene rings is 3. The lowest BCUT2D eigenvalue weighted by molar-refractivity contribution is -0.133. The van der Waals surface area contributed by atoms with Crippen molar-refractivity contribution in [2.24, 2.45) is 0 Å². The molecule has 3 aromatic rings. The Morgan fingerprint density at radius 1 is 1.00 bits per heavy atom. The van der Waals surface area contributed by atoms with Gasteiger partial charge in [-0.15, -0.1) is 0 Å². The molecule has 2 aliphatic rings.